The van der Waals surface area contributed by atoms with E-state index in [0.29, 0.717) is 40.0 Å². The van der Waals surface area contributed by atoms with Crippen molar-refractivity contribution in [1.82, 2.24) is 19.6 Å². The first-order valence-electron chi connectivity index (χ1n) is 11.8. The van der Waals surface area contributed by atoms with Crippen LogP contribution >= 0.6 is 0 Å². The zero-order valence-corrected chi connectivity index (χ0v) is 19.4. The van der Waals surface area contributed by atoms with Crippen molar-refractivity contribution in [1.29, 1.82) is 0 Å². The predicted octanol–water partition coefficient (Wildman–Crippen LogP) is 2.79. The van der Waals surface area contributed by atoms with E-state index in [4.69, 9.17) is 10.1 Å². The van der Waals surface area contributed by atoms with Crippen LogP contribution in [0.3, 0.4) is 0 Å². The third-order valence-corrected chi connectivity index (χ3v) is 6.69. The topological polar surface area (TPSA) is 74.0 Å². The maximum Gasteiger partial charge on any atom is 0.215 e. The lowest BCUT2D eigenvalue weighted by Gasteiger charge is -2.26. The Hall–Kier alpha value is -3.03. The second kappa shape index (κ2) is 9.08. The summed E-state index contributed by atoms with van der Waals surface area (Å²) < 4.78 is 1.70. The van der Waals surface area contributed by atoms with E-state index in [1.54, 1.807) is 4.68 Å². The minimum atomic E-state index is -0.0560. The number of nitrogens with zero attached hydrogens (tertiary/aromatic N) is 5. The number of aromatic nitrogens is 2. The molecule has 3 aromatic carbocycles. The molecule has 5 rings (SSSR count). The highest BCUT2D eigenvalue weighted by molar-refractivity contribution is 6.20. The van der Waals surface area contributed by atoms with E-state index < -0.39 is 0 Å². The van der Waals surface area contributed by atoms with Crippen LogP contribution in [0.2, 0.25) is 0 Å². The summed E-state index contributed by atoms with van der Waals surface area (Å²) in [6.45, 7) is 5.04. The van der Waals surface area contributed by atoms with Gasteiger partial charge in [0.2, 0.25) is 5.88 Å². The lowest BCUT2D eigenvalue weighted by molar-refractivity contribution is 0.214. The number of fused-ring (bicyclic) bond motifs is 2. The number of aromatic hydroxyl groups is 1. The molecule has 2 heterocycles. The van der Waals surface area contributed by atoms with Gasteiger partial charge in [-0.1, -0.05) is 30.7 Å². The summed E-state index contributed by atoms with van der Waals surface area (Å²) >= 11 is 0. The molecule has 1 aromatic heterocycles. The maximum atomic E-state index is 13.5. The van der Waals surface area contributed by atoms with Crippen LogP contribution in [0.25, 0.3) is 32.4 Å². The van der Waals surface area contributed by atoms with Crippen LogP contribution < -0.4 is 10.8 Å². The average Bonchev–Trinajstić information content (AvgIpc) is 2.83. The first-order valence-corrected chi connectivity index (χ1v) is 11.8. The summed E-state index contributed by atoms with van der Waals surface area (Å²) in [5.41, 5.74) is 0.691. The van der Waals surface area contributed by atoms with Gasteiger partial charge in [-0.3, -0.25) is 9.79 Å². The van der Waals surface area contributed by atoms with Crippen LogP contribution in [0.1, 0.15) is 19.3 Å². The molecular weight excluding hydrogens is 414 g/mol. The highest BCUT2D eigenvalue weighted by Gasteiger charge is 2.19. The third kappa shape index (κ3) is 4.07. The second-order valence-electron chi connectivity index (χ2n) is 9.24. The number of likely N-dealkylation sites (N-methyl/N-ethyl adjacent to an activating group) is 1. The summed E-state index contributed by atoms with van der Waals surface area (Å²) in [6.07, 6.45) is 3.75. The summed E-state index contributed by atoms with van der Waals surface area (Å²) in [7, 11) is 4.01. The Kier molecular flexibility index (Phi) is 6.00. The molecule has 1 fully saturated rings. The van der Waals surface area contributed by atoms with Crippen LogP contribution in [0, 0.1) is 0 Å². The lowest BCUT2D eigenvalue weighted by atomic mass is 9.98. The Morgan fingerprint density at radius 2 is 1.73 bits per heavy atom. The highest BCUT2D eigenvalue weighted by atomic mass is 16.3. The molecule has 0 unspecified atom stereocenters. The Balaban J connectivity index is 1.72. The van der Waals surface area contributed by atoms with Gasteiger partial charge in [0, 0.05) is 34.6 Å². The van der Waals surface area contributed by atoms with Gasteiger partial charge in [0.1, 0.15) is 5.52 Å². The van der Waals surface area contributed by atoms with Gasteiger partial charge in [0.25, 0.3) is 0 Å². The SMILES string of the molecule is CN(C)CCN=c1ccc2c(O)n(CCN3CCCCC3)nc3c4ccccc4c(=O)c1c23. The minimum Gasteiger partial charge on any atom is -0.493 e. The van der Waals surface area contributed by atoms with E-state index in [1.807, 2.05) is 50.5 Å². The van der Waals surface area contributed by atoms with E-state index in [9.17, 15) is 9.90 Å². The minimum absolute atomic E-state index is 0.0560. The Morgan fingerprint density at radius 3 is 2.48 bits per heavy atom. The summed E-state index contributed by atoms with van der Waals surface area (Å²) in [6, 6.07) is 11.4. The van der Waals surface area contributed by atoms with Gasteiger partial charge in [0.05, 0.1) is 23.8 Å². The molecule has 0 aliphatic carbocycles. The molecule has 0 radical (unpaired) electrons. The fourth-order valence-electron chi connectivity index (χ4n) is 4.90. The average molecular weight is 446 g/mol. The zero-order valence-electron chi connectivity index (χ0n) is 19.4. The molecule has 1 N–H and O–H groups in total. The first kappa shape index (κ1) is 21.8. The normalized spacial score (nSPS) is 16.0. The maximum absolute atomic E-state index is 13.5. The van der Waals surface area contributed by atoms with Gasteiger partial charge in [-0.2, -0.15) is 5.10 Å². The zero-order chi connectivity index (χ0) is 22.9. The molecule has 7 nitrogen and oxygen atoms in total. The van der Waals surface area contributed by atoms with Gasteiger partial charge < -0.3 is 14.9 Å². The molecule has 7 heteroatoms. The fraction of sp³-hybridized carbons (Fsp3) is 0.423. The van der Waals surface area contributed by atoms with Crippen molar-refractivity contribution >= 4 is 32.4 Å². The summed E-state index contributed by atoms with van der Waals surface area (Å²) in [5.74, 6) is 0.110. The van der Waals surface area contributed by atoms with Crippen molar-refractivity contribution in [3.63, 3.8) is 0 Å². The smallest absolute Gasteiger partial charge is 0.215 e. The van der Waals surface area contributed by atoms with Gasteiger partial charge in [-0.15, -0.1) is 0 Å². The van der Waals surface area contributed by atoms with Crippen LogP contribution in [-0.2, 0) is 6.54 Å². The van der Waals surface area contributed by atoms with E-state index in [2.05, 4.69) is 9.80 Å². The number of piperidine rings is 1. The summed E-state index contributed by atoms with van der Waals surface area (Å²) in [4.78, 5) is 22.8. The van der Waals surface area contributed by atoms with Crippen molar-refractivity contribution in [3.8, 4) is 5.88 Å². The number of benzene rings is 3. The molecule has 1 aliphatic heterocycles. The van der Waals surface area contributed by atoms with Gasteiger partial charge >= 0.3 is 0 Å². The van der Waals surface area contributed by atoms with Crippen molar-refractivity contribution < 1.29 is 5.11 Å². The predicted molar refractivity (Wildman–Crippen MR) is 133 cm³/mol. The van der Waals surface area contributed by atoms with Crippen molar-refractivity contribution in [3.05, 3.63) is 52.0 Å². The molecular formula is C26H31N5O2. The second-order valence-corrected chi connectivity index (χ2v) is 9.24. The van der Waals surface area contributed by atoms with Crippen LogP contribution in [0.5, 0.6) is 5.88 Å². The third-order valence-electron chi connectivity index (χ3n) is 6.69. The lowest BCUT2D eigenvalue weighted by Crippen LogP contribution is -2.33. The fourth-order valence-corrected chi connectivity index (χ4v) is 4.90. The van der Waals surface area contributed by atoms with E-state index in [0.717, 1.165) is 37.1 Å². The molecule has 0 spiro atoms. The van der Waals surface area contributed by atoms with Crippen LogP contribution in [0.15, 0.2) is 46.2 Å². The molecule has 33 heavy (non-hydrogen) atoms. The Labute approximate surface area is 192 Å². The molecule has 0 amide bonds. The molecule has 0 atom stereocenters. The molecule has 1 aliphatic rings. The number of hydrogen-bond donors (Lipinski definition) is 1. The number of rotatable bonds is 6. The Bertz CT molecular complexity index is 1420. The van der Waals surface area contributed by atoms with Crippen LogP contribution in [0.4, 0.5) is 0 Å². The van der Waals surface area contributed by atoms with Crippen molar-refractivity contribution in [2.75, 3.05) is 46.8 Å². The van der Waals surface area contributed by atoms with Gasteiger partial charge in [-0.25, -0.2) is 4.68 Å². The van der Waals surface area contributed by atoms with E-state index >= 15 is 0 Å². The highest BCUT2D eigenvalue weighted by Crippen LogP contribution is 2.32. The first-order chi connectivity index (χ1) is 16.0. The van der Waals surface area contributed by atoms with Crippen molar-refractivity contribution in [2.24, 2.45) is 4.99 Å². The quantitative estimate of drug-likeness (QED) is 0.365. The molecule has 0 saturated carbocycles. The molecule has 4 aromatic rings. The standard InChI is InChI=1S/C26H31N5O2/c1-29(2)15-12-27-21-11-10-20-22-23(21)25(32)19-9-5-4-8-18(19)24(22)28-31(26(20)33)17-16-30-13-6-3-7-14-30/h4-5,8-11,33H,3,6-7,12-17H2,1-2H3. The largest absolute Gasteiger partial charge is 0.493 e. The monoisotopic (exact) mass is 445 g/mol. The van der Waals surface area contributed by atoms with Gasteiger partial charge in [-0.05, 0) is 52.2 Å². The van der Waals surface area contributed by atoms with E-state index in [1.165, 1.54) is 19.3 Å². The van der Waals surface area contributed by atoms with Crippen molar-refractivity contribution in [2.45, 2.75) is 25.8 Å². The van der Waals surface area contributed by atoms with E-state index in [-0.39, 0.29) is 11.3 Å². The van der Waals surface area contributed by atoms with Gasteiger partial charge in [0.15, 0.2) is 5.43 Å². The molecule has 1 saturated heterocycles. The summed E-state index contributed by atoms with van der Waals surface area (Å²) in [5, 5.41) is 20.1. The number of hydrogen-bond acceptors (Lipinski definition) is 6. The van der Waals surface area contributed by atoms with Crippen LogP contribution in [-0.4, -0.2) is 71.5 Å². The molecule has 172 valence electrons. The Morgan fingerprint density at radius 1 is 0.970 bits per heavy atom. The number of likely N-dealkylation sites (tertiary alicyclic amines) is 1. The molecule has 0 bridgehead atoms.